The van der Waals surface area contributed by atoms with Crippen molar-refractivity contribution in [3.8, 4) is 0 Å². The fourth-order valence-corrected chi connectivity index (χ4v) is 1.87. The van der Waals surface area contributed by atoms with Gasteiger partial charge in [-0.25, -0.2) is 4.39 Å². The molecule has 0 aliphatic heterocycles. The van der Waals surface area contributed by atoms with Gasteiger partial charge in [0.2, 0.25) is 0 Å². The molecule has 0 fully saturated rings. The molecule has 0 spiro atoms. The van der Waals surface area contributed by atoms with Crippen LogP contribution in [0.1, 0.15) is 36.4 Å². The smallest absolute Gasteiger partial charge is 0.271 e. The van der Waals surface area contributed by atoms with Crippen molar-refractivity contribution in [3.05, 3.63) is 35.1 Å². The molecule has 1 aromatic rings. The maximum Gasteiger partial charge on any atom is 0.419 e. The molecule has 0 bridgehead atoms. The van der Waals surface area contributed by atoms with E-state index in [1.807, 2.05) is 5.43 Å². The minimum atomic E-state index is -4.88. The molecule has 1 rings (SSSR count). The highest BCUT2D eigenvalue weighted by Crippen LogP contribution is 2.35. The minimum Gasteiger partial charge on any atom is -0.271 e. The van der Waals surface area contributed by atoms with Crippen LogP contribution in [0.15, 0.2) is 18.2 Å². The maximum absolute atomic E-state index is 13.8. The second-order valence-corrected chi connectivity index (χ2v) is 4.43. The van der Waals surface area contributed by atoms with Gasteiger partial charge in [-0.05, 0) is 18.9 Å². The van der Waals surface area contributed by atoms with Crippen LogP contribution < -0.4 is 11.3 Å². The molecular weight excluding hydrogens is 305 g/mol. The fourth-order valence-electron chi connectivity index (χ4n) is 1.87. The third-order valence-electron chi connectivity index (χ3n) is 2.86. The van der Waals surface area contributed by atoms with Crippen LogP contribution in [0.3, 0.4) is 0 Å². The molecule has 0 radical (unpaired) electrons. The first-order valence-electron chi connectivity index (χ1n) is 5.94. The zero-order valence-corrected chi connectivity index (χ0v) is 10.7. The molecule has 0 aliphatic rings. The first-order chi connectivity index (χ1) is 9.56. The highest BCUT2D eigenvalue weighted by atomic mass is 19.4. The Morgan fingerprint density at radius 1 is 1.10 bits per heavy atom. The van der Waals surface area contributed by atoms with Crippen molar-refractivity contribution < 1.29 is 30.7 Å². The summed E-state index contributed by atoms with van der Waals surface area (Å²) in [7, 11) is 0. The second-order valence-electron chi connectivity index (χ2n) is 4.43. The van der Waals surface area contributed by atoms with E-state index in [1.165, 1.54) is 0 Å². The van der Waals surface area contributed by atoms with Crippen LogP contribution in [0.4, 0.5) is 30.7 Å². The monoisotopic (exact) mass is 318 g/mol. The molecule has 21 heavy (non-hydrogen) atoms. The van der Waals surface area contributed by atoms with Crippen molar-refractivity contribution in [3.63, 3.8) is 0 Å². The number of benzene rings is 1. The lowest BCUT2D eigenvalue weighted by molar-refractivity contribution is -0.140. The number of hydrogen-bond acceptors (Lipinski definition) is 2. The Kier molecular flexibility index (Phi) is 5.57. The van der Waals surface area contributed by atoms with Crippen LogP contribution in [0, 0.1) is 5.82 Å². The number of hydrazine groups is 1. The van der Waals surface area contributed by atoms with E-state index in [9.17, 15) is 30.7 Å². The van der Waals surface area contributed by atoms with Gasteiger partial charge < -0.3 is 0 Å². The van der Waals surface area contributed by atoms with Crippen molar-refractivity contribution in [1.82, 2.24) is 5.43 Å². The van der Waals surface area contributed by atoms with Gasteiger partial charge >= 0.3 is 12.4 Å². The number of hydrogen-bond donors (Lipinski definition) is 2. The largest absolute Gasteiger partial charge is 0.419 e. The SMILES string of the molecule is NNC(CCCC(F)(F)F)c1cccc(C(F)(F)F)c1F. The van der Waals surface area contributed by atoms with Gasteiger partial charge in [-0.2, -0.15) is 26.3 Å². The van der Waals surface area contributed by atoms with E-state index in [-0.39, 0.29) is 12.8 Å². The van der Waals surface area contributed by atoms with Crippen LogP contribution >= 0.6 is 0 Å². The summed E-state index contributed by atoms with van der Waals surface area (Å²) in [5.74, 6) is 3.58. The number of rotatable bonds is 5. The van der Waals surface area contributed by atoms with E-state index in [0.717, 1.165) is 12.1 Å². The first kappa shape index (κ1) is 17.7. The average Bonchev–Trinajstić information content (AvgIpc) is 2.33. The Labute approximate surface area is 116 Å². The molecule has 0 aliphatic carbocycles. The number of halogens is 7. The van der Waals surface area contributed by atoms with Crippen LogP contribution in [-0.4, -0.2) is 6.18 Å². The maximum atomic E-state index is 13.8. The van der Waals surface area contributed by atoms with Gasteiger partial charge in [-0.3, -0.25) is 11.3 Å². The fraction of sp³-hybridized carbons (Fsp3) is 0.500. The van der Waals surface area contributed by atoms with Gasteiger partial charge in [-0.15, -0.1) is 0 Å². The zero-order valence-electron chi connectivity index (χ0n) is 10.7. The van der Waals surface area contributed by atoms with Crippen LogP contribution in [0.25, 0.3) is 0 Å². The van der Waals surface area contributed by atoms with Gasteiger partial charge in [-0.1, -0.05) is 12.1 Å². The topological polar surface area (TPSA) is 38.0 Å². The Balaban J connectivity index is 2.91. The Bertz CT molecular complexity index is 468. The molecule has 0 heterocycles. The van der Waals surface area contributed by atoms with E-state index >= 15 is 0 Å². The van der Waals surface area contributed by atoms with Crippen molar-refractivity contribution in [2.75, 3.05) is 0 Å². The van der Waals surface area contributed by atoms with Crippen molar-refractivity contribution in [2.24, 2.45) is 5.84 Å². The quantitative estimate of drug-likeness (QED) is 0.488. The lowest BCUT2D eigenvalue weighted by Crippen LogP contribution is -2.29. The molecule has 9 heteroatoms. The Hall–Kier alpha value is -1.35. The Morgan fingerprint density at radius 2 is 1.71 bits per heavy atom. The summed E-state index contributed by atoms with van der Waals surface area (Å²) < 4.78 is 87.6. The standard InChI is InChI=1S/C12H13F7N2/c13-10-7(3-1-4-8(10)12(17,18)19)9(21-20)5-2-6-11(14,15)16/h1,3-4,9,21H,2,5-6,20H2. The molecule has 0 amide bonds. The lowest BCUT2D eigenvalue weighted by Gasteiger charge is -2.19. The molecule has 0 aromatic heterocycles. The summed E-state index contributed by atoms with van der Waals surface area (Å²) in [5, 5.41) is 0. The molecule has 120 valence electrons. The summed E-state index contributed by atoms with van der Waals surface area (Å²) in [6.45, 7) is 0. The van der Waals surface area contributed by atoms with Gasteiger partial charge in [0.05, 0.1) is 5.56 Å². The second kappa shape index (κ2) is 6.61. The van der Waals surface area contributed by atoms with E-state index in [2.05, 4.69) is 0 Å². The molecular formula is C12H13F7N2. The molecule has 1 unspecified atom stereocenters. The summed E-state index contributed by atoms with van der Waals surface area (Å²) in [6.07, 6.45) is -11.0. The molecule has 3 N–H and O–H groups in total. The van der Waals surface area contributed by atoms with Gasteiger partial charge in [0.1, 0.15) is 5.82 Å². The molecule has 1 aromatic carbocycles. The predicted octanol–water partition coefficient (Wildman–Crippen LogP) is 4.08. The first-order valence-corrected chi connectivity index (χ1v) is 5.94. The molecule has 1 atom stereocenters. The highest BCUT2D eigenvalue weighted by molar-refractivity contribution is 5.30. The summed E-state index contributed by atoms with van der Waals surface area (Å²) in [4.78, 5) is 0. The number of alkyl halides is 6. The van der Waals surface area contributed by atoms with Crippen molar-refractivity contribution in [1.29, 1.82) is 0 Å². The molecule has 0 saturated heterocycles. The third kappa shape index (κ3) is 5.16. The summed E-state index contributed by atoms with van der Waals surface area (Å²) in [5.41, 5.74) is 0.166. The van der Waals surface area contributed by atoms with E-state index in [0.29, 0.717) is 6.07 Å². The molecule has 2 nitrogen and oxygen atoms in total. The van der Waals surface area contributed by atoms with Crippen molar-refractivity contribution >= 4 is 0 Å². The van der Waals surface area contributed by atoms with Crippen LogP contribution in [0.2, 0.25) is 0 Å². The van der Waals surface area contributed by atoms with E-state index in [1.54, 1.807) is 0 Å². The van der Waals surface area contributed by atoms with Crippen LogP contribution in [0.5, 0.6) is 0 Å². The highest BCUT2D eigenvalue weighted by Gasteiger charge is 2.35. The Morgan fingerprint density at radius 3 is 2.19 bits per heavy atom. The van der Waals surface area contributed by atoms with E-state index in [4.69, 9.17) is 5.84 Å². The normalized spacial score (nSPS) is 14.3. The predicted molar refractivity (Wildman–Crippen MR) is 61.4 cm³/mol. The minimum absolute atomic E-state index is 0.242. The summed E-state index contributed by atoms with van der Waals surface area (Å²) >= 11 is 0. The third-order valence-corrected chi connectivity index (χ3v) is 2.86. The average molecular weight is 318 g/mol. The lowest BCUT2D eigenvalue weighted by atomic mass is 9.98. The van der Waals surface area contributed by atoms with Gasteiger partial charge in [0.25, 0.3) is 0 Å². The zero-order chi connectivity index (χ0) is 16.3. The van der Waals surface area contributed by atoms with E-state index < -0.39 is 41.8 Å². The number of nitrogens with one attached hydrogen (secondary N) is 1. The van der Waals surface area contributed by atoms with Gasteiger partial charge in [0, 0.05) is 18.0 Å². The number of nitrogens with two attached hydrogens (primary N) is 1. The van der Waals surface area contributed by atoms with Crippen LogP contribution in [-0.2, 0) is 6.18 Å². The van der Waals surface area contributed by atoms with Crippen molar-refractivity contribution in [2.45, 2.75) is 37.7 Å². The molecule has 0 saturated carbocycles. The van der Waals surface area contributed by atoms with Gasteiger partial charge in [0.15, 0.2) is 0 Å². The summed E-state index contributed by atoms with van der Waals surface area (Å²) in [6, 6.07) is 1.47.